The number of phenols is 1. The molecule has 3 unspecified atom stereocenters. The number of carbonyl (C=O) groups excluding carboxylic acids is 1. The zero-order valence-corrected chi connectivity index (χ0v) is 19.9. The van der Waals surface area contributed by atoms with Gasteiger partial charge in [0.25, 0.3) is 5.91 Å². The van der Waals surface area contributed by atoms with Gasteiger partial charge in [0.2, 0.25) is 0 Å². The second-order valence-electron chi connectivity index (χ2n) is 10.6. The van der Waals surface area contributed by atoms with E-state index in [9.17, 15) is 9.90 Å². The Labute approximate surface area is 200 Å². The molecular formula is C28H32N4O2. The van der Waals surface area contributed by atoms with Crippen LogP contribution in [0, 0.1) is 11.8 Å². The van der Waals surface area contributed by atoms with Crippen LogP contribution in [-0.2, 0) is 31.2 Å². The lowest BCUT2D eigenvalue weighted by molar-refractivity contribution is 0.0937. The quantitative estimate of drug-likeness (QED) is 0.536. The number of nitrogens with zero attached hydrogens (tertiary/aromatic N) is 2. The first-order chi connectivity index (χ1) is 16.5. The Kier molecular flexibility index (Phi) is 5.01. The number of pyridine rings is 1. The first-order valence-corrected chi connectivity index (χ1v) is 12.6. The molecule has 1 amide bonds. The average molecular weight is 457 g/mol. The zero-order chi connectivity index (χ0) is 23.4. The third-order valence-corrected chi connectivity index (χ3v) is 8.95. The van der Waals surface area contributed by atoms with Crippen LogP contribution in [0.3, 0.4) is 0 Å². The van der Waals surface area contributed by atoms with Crippen LogP contribution in [0.4, 0.5) is 0 Å². The second kappa shape index (κ2) is 7.97. The van der Waals surface area contributed by atoms with Gasteiger partial charge in [-0.3, -0.25) is 14.9 Å². The van der Waals surface area contributed by atoms with Gasteiger partial charge in [0.05, 0.1) is 0 Å². The van der Waals surface area contributed by atoms with E-state index in [4.69, 9.17) is 0 Å². The first kappa shape index (κ1) is 21.4. The Hall–Kier alpha value is -3.15. The number of phenolic OH excluding ortho intramolecular Hbond substituents is 1. The van der Waals surface area contributed by atoms with Crippen LogP contribution in [0.1, 0.15) is 83.0 Å². The molecule has 1 saturated carbocycles. The normalized spacial score (nSPS) is 26.8. The summed E-state index contributed by atoms with van der Waals surface area (Å²) in [4.78, 5) is 17.2. The molecule has 4 atom stereocenters. The molecule has 6 nitrogen and oxygen atoms in total. The molecule has 6 heteroatoms. The number of aromatic amines is 1. The summed E-state index contributed by atoms with van der Waals surface area (Å²) >= 11 is 0. The maximum Gasteiger partial charge on any atom is 0.272 e. The number of benzene rings is 1. The van der Waals surface area contributed by atoms with Gasteiger partial charge < -0.3 is 10.4 Å². The summed E-state index contributed by atoms with van der Waals surface area (Å²) in [6, 6.07) is 8.13. The fraction of sp³-hybridized carbons (Fsp3) is 0.464. The lowest BCUT2D eigenvalue weighted by Crippen LogP contribution is -2.43. The molecule has 0 aliphatic heterocycles. The molecule has 0 spiro atoms. The Balaban J connectivity index is 1.27. The highest BCUT2D eigenvalue weighted by Gasteiger charge is 2.54. The summed E-state index contributed by atoms with van der Waals surface area (Å²) in [6.45, 7) is 4.93. The van der Waals surface area contributed by atoms with Gasteiger partial charge in [0.15, 0.2) is 5.69 Å². The lowest BCUT2D eigenvalue weighted by atomic mass is 9.55. The van der Waals surface area contributed by atoms with Gasteiger partial charge in [-0.15, -0.1) is 0 Å². The van der Waals surface area contributed by atoms with Crippen LogP contribution in [0.25, 0.3) is 0 Å². The van der Waals surface area contributed by atoms with Crippen molar-refractivity contribution in [3.05, 3.63) is 75.9 Å². The molecule has 2 heterocycles. The summed E-state index contributed by atoms with van der Waals surface area (Å²) in [5.41, 5.74) is 7.69. The van der Waals surface area contributed by atoms with Gasteiger partial charge in [0, 0.05) is 35.6 Å². The number of rotatable bonds is 4. The Morgan fingerprint density at radius 2 is 2.21 bits per heavy atom. The van der Waals surface area contributed by atoms with E-state index < -0.39 is 0 Å². The van der Waals surface area contributed by atoms with E-state index >= 15 is 0 Å². The first-order valence-electron chi connectivity index (χ1n) is 12.6. The lowest BCUT2D eigenvalue weighted by Gasteiger charge is -2.49. The van der Waals surface area contributed by atoms with E-state index in [0.29, 0.717) is 35.7 Å². The SMILES string of the molecule is CCc1cc2c(cc1O)CCC1C2CC[C@]2(C)c3[nH]nc(C(=O)NCc4cccnc4)c3CC12. The number of hydrogen-bond acceptors (Lipinski definition) is 4. The maximum absolute atomic E-state index is 13.1. The van der Waals surface area contributed by atoms with E-state index in [1.54, 1.807) is 12.4 Å². The molecule has 2 aromatic heterocycles. The van der Waals surface area contributed by atoms with E-state index in [2.05, 4.69) is 40.4 Å². The van der Waals surface area contributed by atoms with Crippen LogP contribution in [0.15, 0.2) is 36.7 Å². The van der Waals surface area contributed by atoms with Crippen molar-refractivity contribution in [1.29, 1.82) is 0 Å². The maximum atomic E-state index is 13.1. The van der Waals surface area contributed by atoms with Crippen molar-refractivity contribution in [3.63, 3.8) is 0 Å². The van der Waals surface area contributed by atoms with Crippen LogP contribution in [-0.4, -0.2) is 26.2 Å². The van der Waals surface area contributed by atoms with E-state index in [1.165, 1.54) is 16.8 Å². The van der Waals surface area contributed by atoms with Crippen molar-refractivity contribution in [2.75, 3.05) is 0 Å². The minimum atomic E-state index is -0.114. The van der Waals surface area contributed by atoms with E-state index in [-0.39, 0.29) is 11.3 Å². The van der Waals surface area contributed by atoms with Crippen molar-refractivity contribution in [2.24, 2.45) is 11.8 Å². The molecule has 34 heavy (non-hydrogen) atoms. The molecular weight excluding hydrogens is 424 g/mol. The predicted octanol–water partition coefficient (Wildman–Crippen LogP) is 4.57. The Morgan fingerprint density at radius 3 is 3.00 bits per heavy atom. The number of H-pyrrole nitrogens is 1. The van der Waals surface area contributed by atoms with Gasteiger partial charge >= 0.3 is 0 Å². The minimum Gasteiger partial charge on any atom is -0.508 e. The summed E-state index contributed by atoms with van der Waals surface area (Å²) in [7, 11) is 0. The van der Waals surface area contributed by atoms with Crippen LogP contribution in [0.2, 0.25) is 0 Å². The molecule has 1 fully saturated rings. The summed E-state index contributed by atoms with van der Waals surface area (Å²) < 4.78 is 0. The molecule has 3 aliphatic rings. The van der Waals surface area contributed by atoms with Crippen molar-refractivity contribution < 1.29 is 9.90 Å². The number of aromatic nitrogens is 3. The zero-order valence-electron chi connectivity index (χ0n) is 19.9. The standard InChI is InChI=1S/C28H32N4O2/c1-3-17-11-21-18(12-24(17)33)6-7-20-19(21)8-9-28(2)23(20)13-22-25(31-32-26(22)28)27(34)30-15-16-5-4-10-29-14-16/h4-5,10-12,14,19-20,23,33H,3,6-9,13,15H2,1-2H3,(H,30,34)(H,31,32)/t19?,20?,23?,28-/m0/s1. The van der Waals surface area contributed by atoms with Crippen molar-refractivity contribution in [3.8, 4) is 5.75 Å². The topological polar surface area (TPSA) is 90.9 Å². The third kappa shape index (κ3) is 3.18. The van der Waals surface area contributed by atoms with E-state index in [1.807, 2.05) is 18.2 Å². The van der Waals surface area contributed by atoms with Gasteiger partial charge in [0.1, 0.15) is 5.75 Å². The summed E-state index contributed by atoms with van der Waals surface area (Å²) in [5, 5.41) is 21.2. The van der Waals surface area contributed by atoms with Crippen molar-refractivity contribution in [2.45, 2.75) is 70.3 Å². The fourth-order valence-electron chi connectivity index (χ4n) is 7.16. The third-order valence-electron chi connectivity index (χ3n) is 8.95. The van der Waals surface area contributed by atoms with Gasteiger partial charge in [-0.1, -0.05) is 26.0 Å². The molecule has 3 aliphatic carbocycles. The highest BCUT2D eigenvalue weighted by atomic mass is 16.3. The molecule has 176 valence electrons. The molecule has 6 rings (SSSR count). The number of carbonyl (C=O) groups is 1. The van der Waals surface area contributed by atoms with Gasteiger partial charge in [-0.05, 0) is 90.7 Å². The molecule has 3 aromatic rings. The van der Waals surface area contributed by atoms with Crippen molar-refractivity contribution >= 4 is 5.91 Å². The van der Waals surface area contributed by atoms with Gasteiger partial charge in [-0.2, -0.15) is 5.10 Å². The summed E-state index contributed by atoms with van der Waals surface area (Å²) in [6.07, 6.45) is 9.66. The highest BCUT2D eigenvalue weighted by molar-refractivity contribution is 5.94. The van der Waals surface area contributed by atoms with Crippen LogP contribution < -0.4 is 5.32 Å². The number of aromatic hydroxyl groups is 1. The Bertz CT molecular complexity index is 1250. The largest absolute Gasteiger partial charge is 0.508 e. The molecule has 0 radical (unpaired) electrons. The molecule has 0 saturated heterocycles. The molecule has 3 N–H and O–H groups in total. The van der Waals surface area contributed by atoms with Gasteiger partial charge in [-0.25, -0.2) is 0 Å². The van der Waals surface area contributed by atoms with E-state index in [0.717, 1.165) is 55.2 Å². The van der Waals surface area contributed by atoms with Crippen LogP contribution >= 0.6 is 0 Å². The fourth-order valence-corrected chi connectivity index (χ4v) is 7.16. The number of amides is 1. The summed E-state index contributed by atoms with van der Waals surface area (Å²) in [5.74, 6) is 1.97. The second-order valence-corrected chi connectivity index (χ2v) is 10.6. The number of hydrogen-bond donors (Lipinski definition) is 3. The highest BCUT2D eigenvalue weighted by Crippen LogP contribution is 2.60. The smallest absolute Gasteiger partial charge is 0.272 e. The average Bonchev–Trinajstić information content (AvgIpc) is 3.40. The number of aryl methyl sites for hydroxylation is 2. The monoisotopic (exact) mass is 456 g/mol. The number of fused-ring (bicyclic) bond motifs is 7. The van der Waals surface area contributed by atoms with Crippen LogP contribution in [0.5, 0.6) is 5.75 Å². The Morgan fingerprint density at radius 1 is 1.32 bits per heavy atom. The predicted molar refractivity (Wildman–Crippen MR) is 130 cm³/mol. The number of nitrogens with one attached hydrogen (secondary N) is 2. The van der Waals surface area contributed by atoms with Crippen molar-refractivity contribution in [1.82, 2.24) is 20.5 Å². The molecule has 0 bridgehead atoms. The minimum absolute atomic E-state index is 0.0351. The molecule has 1 aromatic carbocycles.